The second-order valence-corrected chi connectivity index (χ2v) is 4.91. The van der Waals surface area contributed by atoms with Crippen LogP contribution < -0.4 is 5.32 Å². The lowest BCUT2D eigenvalue weighted by atomic mass is 9.92. The van der Waals surface area contributed by atoms with Crippen molar-refractivity contribution in [3.63, 3.8) is 0 Å². The van der Waals surface area contributed by atoms with Crippen molar-refractivity contribution in [2.45, 2.75) is 45.1 Å². The highest BCUT2D eigenvalue weighted by Gasteiger charge is 2.26. The van der Waals surface area contributed by atoms with E-state index >= 15 is 0 Å². The van der Waals surface area contributed by atoms with Crippen molar-refractivity contribution < 1.29 is 0 Å². The third-order valence-electron chi connectivity index (χ3n) is 3.90. The molecule has 0 bridgehead atoms. The van der Waals surface area contributed by atoms with Gasteiger partial charge in [-0.15, -0.1) is 0 Å². The smallest absolute Gasteiger partial charge is 0.0232 e. The molecule has 0 aromatic heterocycles. The van der Waals surface area contributed by atoms with Crippen LogP contribution >= 0.6 is 0 Å². The molecule has 2 rings (SSSR count). The molecule has 14 heavy (non-hydrogen) atoms. The van der Waals surface area contributed by atoms with E-state index in [2.05, 4.69) is 17.1 Å². The Bertz CT molecular complexity index is 156. The molecule has 1 atom stereocenters. The number of rotatable bonds is 3. The summed E-state index contributed by atoms with van der Waals surface area (Å²) in [5.41, 5.74) is 0. The maximum atomic E-state index is 3.46. The van der Waals surface area contributed by atoms with E-state index < -0.39 is 0 Å². The summed E-state index contributed by atoms with van der Waals surface area (Å²) < 4.78 is 0. The molecule has 0 saturated carbocycles. The summed E-state index contributed by atoms with van der Waals surface area (Å²) in [7, 11) is 0. The molecular formula is C12H24N2. The van der Waals surface area contributed by atoms with Gasteiger partial charge in [-0.1, -0.05) is 19.8 Å². The molecule has 2 aliphatic heterocycles. The van der Waals surface area contributed by atoms with Crippen LogP contribution in [-0.4, -0.2) is 37.1 Å². The van der Waals surface area contributed by atoms with Crippen molar-refractivity contribution in [2.75, 3.05) is 26.2 Å². The van der Waals surface area contributed by atoms with Gasteiger partial charge < -0.3 is 5.32 Å². The summed E-state index contributed by atoms with van der Waals surface area (Å²) in [4.78, 5) is 2.71. The molecule has 0 radical (unpaired) electrons. The molecule has 2 nitrogen and oxygen atoms in total. The molecule has 1 unspecified atom stereocenters. The van der Waals surface area contributed by atoms with Crippen LogP contribution in [0, 0.1) is 5.92 Å². The van der Waals surface area contributed by atoms with Gasteiger partial charge >= 0.3 is 0 Å². The van der Waals surface area contributed by atoms with E-state index in [1.807, 2.05) is 0 Å². The molecule has 2 heterocycles. The summed E-state index contributed by atoms with van der Waals surface area (Å²) in [5.74, 6) is 1.03. The van der Waals surface area contributed by atoms with Gasteiger partial charge in [-0.05, 0) is 44.8 Å². The van der Waals surface area contributed by atoms with E-state index in [9.17, 15) is 0 Å². The van der Waals surface area contributed by atoms with Gasteiger partial charge in [-0.3, -0.25) is 4.90 Å². The number of likely N-dealkylation sites (tertiary alicyclic amines) is 1. The molecule has 1 N–H and O–H groups in total. The van der Waals surface area contributed by atoms with Gasteiger partial charge in [-0.2, -0.15) is 0 Å². The molecule has 0 aliphatic carbocycles. The van der Waals surface area contributed by atoms with Crippen LogP contribution in [0.25, 0.3) is 0 Å². The third-order valence-corrected chi connectivity index (χ3v) is 3.90. The monoisotopic (exact) mass is 196 g/mol. The van der Waals surface area contributed by atoms with Crippen molar-refractivity contribution >= 4 is 0 Å². The molecule has 0 aromatic carbocycles. The van der Waals surface area contributed by atoms with E-state index in [1.165, 1.54) is 58.3 Å². The van der Waals surface area contributed by atoms with Gasteiger partial charge in [0.05, 0.1) is 0 Å². The minimum absolute atomic E-state index is 0.859. The molecule has 2 fully saturated rings. The van der Waals surface area contributed by atoms with Gasteiger partial charge in [0, 0.05) is 12.6 Å². The van der Waals surface area contributed by atoms with Crippen molar-refractivity contribution in [2.24, 2.45) is 5.92 Å². The maximum Gasteiger partial charge on any atom is 0.0232 e. The average Bonchev–Trinajstić information content (AvgIpc) is 2.72. The Morgan fingerprint density at radius 3 is 2.57 bits per heavy atom. The standard InChI is InChI=1S/C12H24N2/c1-2-3-11-5-8-14(9-6-11)12-4-7-13-10-12/h11-13H,2-10H2,1H3. The molecule has 2 heteroatoms. The highest BCUT2D eigenvalue weighted by molar-refractivity contribution is 4.83. The lowest BCUT2D eigenvalue weighted by molar-refractivity contribution is 0.137. The first-order valence-electron chi connectivity index (χ1n) is 6.35. The Morgan fingerprint density at radius 1 is 1.21 bits per heavy atom. The number of piperidine rings is 1. The van der Waals surface area contributed by atoms with Crippen LogP contribution in [0.5, 0.6) is 0 Å². The normalized spacial score (nSPS) is 31.1. The summed E-state index contributed by atoms with van der Waals surface area (Å²) >= 11 is 0. The Balaban J connectivity index is 1.72. The minimum atomic E-state index is 0.859. The van der Waals surface area contributed by atoms with Crippen molar-refractivity contribution in [3.8, 4) is 0 Å². The maximum absolute atomic E-state index is 3.46. The topological polar surface area (TPSA) is 15.3 Å². The first kappa shape index (κ1) is 10.4. The van der Waals surface area contributed by atoms with Crippen LogP contribution in [0.1, 0.15) is 39.0 Å². The molecule has 2 aliphatic rings. The fourth-order valence-corrected chi connectivity index (χ4v) is 2.97. The molecule has 2 saturated heterocycles. The molecule has 0 amide bonds. The Kier molecular flexibility index (Phi) is 3.82. The van der Waals surface area contributed by atoms with Crippen molar-refractivity contribution in [1.82, 2.24) is 10.2 Å². The average molecular weight is 196 g/mol. The Morgan fingerprint density at radius 2 is 2.00 bits per heavy atom. The van der Waals surface area contributed by atoms with E-state index in [1.54, 1.807) is 0 Å². The molecule has 0 aromatic rings. The largest absolute Gasteiger partial charge is 0.315 e. The highest BCUT2D eigenvalue weighted by atomic mass is 15.2. The zero-order valence-electron chi connectivity index (χ0n) is 9.47. The fourth-order valence-electron chi connectivity index (χ4n) is 2.97. The molecule has 82 valence electrons. The van der Waals surface area contributed by atoms with Crippen molar-refractivity contribution in [1.29, 1.82) is 0 Å². The van der Waals surface area contributed by atoms with E-state index in [0.29, 0.717) is 0 Å². The van der Waals surface area contributed by atoms with Crippen LogP contribution in [0.4, 0.5) is 0 Å². The van der Waals surface area contributed by atoms with Crippen LogP contribution in [-0.2, 0) is 0 Å². The predicted octanol–water partition coefficient (Wildman–Crippen LogP) is 1.86. The van der Waals surface area contributed by atoms with Gasteiger partial charge in [0.1, 0.15) is 0 Å². The zero-order valence-corrected chi connectivity index (χ0v) is 9.47. The van der Waals surface area contributed by atoms with Crippen LogP contribution in [0.2, 0.25) is 0 Å². The minimum Gasteiger partial charge on any atom is -0.315 e. The quantitative estimate of drug-likeness (QED) is 0.741. The first-order valence-corrected chi connectivity index (χ1v) is 6.35. The van der Waals surface area contributed by atoms with E-state index in [0.717, 1.165) is 12.0 Å². The highest BCUT2D eigenvalue weighted by Crippen LogP contribution is 2.24. The van der Waals surface area contributed by atoms with Gasteiger partial charge in [-0.25, -0.2) is 0 Å². The summed E-state index contributed by atoms with van der Waals surface area (Å²) in [5, 5.41) is 3.46. The van der Waals surface area contributed by atoms with Crippen molar-refractivity contribution in [3.05, 3.63) is 0 Å². The van der Waals surface area contributed by atoms with Crippen LogP contribution in [0.15, 0.2) is 0 Å². The summed E-state index contributed by atoms with van der Waals surface area (Å²) in [6.45, 7) is 7.50. The number of hydrogen-bond acceptors (Lipinski definition) is 2. The van der Waals surface area contributed by atoms with Gasteiger partial charge in [0.2, 0.25) is 0 Å². The predicted molar refractivity (Wildman–Crippen MR) is 60.5 cm³/mol. The Labute approximate surface area is 88.1 Å². The van der Waals surface area contributed by atoms with Crippen LogP contribution in [0.3, 0.4) is 0 Å². The fraction of sp³-hybridized carbons (Fsp3) is 1.00. The second-order valence-electron chi connectivity index (χ2n) is 4.91. The molecular weight excluding hydrogens is 172 g/mol. The van der Waals surface area contributed by atoms with E-state index in [-0.39, 0.29) is 0 Å². The molecule has 0 spiro atoms. The zero-order chi connectivity index (χ0) is 9.80. The number of nitrogens with one attached hydrogen (secondary N) is 1. The van der Waals surface area contributed by atoms with Gasteiger partial charge in [0.25, 0.3) is 0 Å². The first-order chi connectivity index (χ1) is 6.90. The Hall–Kier alpha value is -0.0800. The lowest BCUT2D eigenvalue weighted by Crippen LogP contribution is -2.42. The van der Waals surface area contributed by atoms with Gasteiger partial charge in [0.15, 0.2) is 0 Å². The second kappa shape index (κ2) is 5.13. The van der Waals surface area contributed by atoms with E-state index in [4.69, 9.17) is 0 Å². The third kappa shape index (κ3) is 2.48. The SMILES string of the molecule is CCCC1CCN(C2CCNC2)CC1. The summed E-state index contributed by atoms with van der Waals surface area (Å²) in [6, 6.07) is 0.859. The summed E-state index contributed by atoms with van der Waals surface area (Å²) in [6.07, 6.45) is 7.10. The number of nitrogens with zero attached hydrogens (tertiary/aromatic N) is 1. The lowest BCUT2D eigenvalue weighted by Gasteiger charge is -2.35. The number of hydrogen-bond donors (Lipinski definition) is 1.